The molecule has 0 saturated heterocycles. The molecule has 1 amide bonds. The van der Waals surface area contributed by atoms with Gasteiger partial charge in [-0.2, -0.15) is 0 Å². The second-order valence-corrected chi connectivity index (χ2v) is 7.82. The lowest BCUT2D eigenvalue weighted by Crippen LogP contribution is -2.14. The zero-order valence-electron chi connectivity index (χ0n) is 17.1. The van der Waals surface area contributed by atoms with E-state index in [-0.39, 0.29) is 5.69 Å². The van der Waals surface area contributed by atoms with Crippen LogP contribution in [0.3, 0.4) is 0 Å². The van der Waals surface area contributed by atoms with E-state index in [1.54, 1.807) is 10.9 Å². The highest BCUT2D eigenvalue weighted by Crippen LogP contribution is 2.30. The molecule has 0 saturated carbocycles. The molecule has 5 rings (SSSR count). The monoisotopic (exact) mass is 442 g/mol. The Hall–Kier alpha value is -4.11. The molecule has 0 spiro atoms. The Balaban J connectivity index is 1.51. The van der Waals surface area contributed by atoms with Crippen molar-refractivity contribution >= 4 is 32.6 Å². The minimum absolute atomic E-state index is 0.168. The second kappa shape index (κ2) is 8.56. The van der Waals surface area contributed by atoms with Gasteiger partial charge in [0, 0.05) is 6.20 Å². The molecule has 32 heavy (non-hydrogen) atoms. The van der Waals surface area contributed by atoms with E-state index in [4.69, 9.17) is 4.74 Å². The quantitative estimate of drug-likeness (QED) is 0.413. The highest BCUT2D eigenvalue weighted by atomic mass is 32.1. The average molecular weight is 443 g/mol. The number of anilines is 1. The van der Waals surface area contributed by atoms with Crippen LogP contribution < -0.4 is 10.1 Å². The molecule has 3 aromatic heterocycles. The molecule has 0 fully saturated rings. The Morgan fingerprint density at radius 1 is 1.09 bits per heavy atom. The summed E-state index contributed by atoms with van der Waals surface area (Å²) in [6.45, 7) is 2.52. The molecule has 0 unspecified atom stereocenters. The number of carbonyl (C=O) groups excluding carboxylic acids is 1. The van der Waals surface area contributed by atoms with Gasteiger partial charge in [0.1, 0.15) is 11.4 Å². The number of benzene rings is 2. The van der Waals surface area contributed by atoms with Crippen LogP contribution in [0.2, 0.25) is 0 Å². The van der Waals surface area contributed by atoms with Gasteiger partial charge in [-0.15, -0.1) is 5.10 Å². The predicted molar refractivity (Wildman–Crippen MR) is 123 cm³/mol. The smallest absolute Gasteiger partial charge is 0.280 e. The lowest BCUT2D eigenvalue weighted by Gasteiger charge is -2.07. The highest BCUT2D eigenvalue weighted by molar-refractivity contribution is 7.22. The van der Waals surface area contributed by atoms with Crippen LogP contribution in [0.25, 0.3) is 27.3 Å². The summed E-state index contributed by atoms with van der Waals surface area (Å²) in [6, 6.07) is 20.6. The summed E-state index contributed by atoms with van der Waals surface area (Å²) in [6.07, 6.45) is 1.67. The molecular weight excluding hydrogens is 424 g/mol. The van der Waals surface area contributed by atoms with Crippen LogP contribution in [-0.4, -0.2) is 37.5 Å². The van der Waals surface area contributed by atoms with Gasteiger partial charge in [0.2, 0.25) is 0 Å². The number of carbonyl (C=O) groups is 1. The highest BCUT2D eigenvalue weighted by Gasteiger charge is 2.24. The lowest BCUT2D eigenvalue weighted by molar-refractivity contribution is 0.102. The van der Waals surface area contributed by atoms with Gasteiger partial charge in [0.05, 0.1) is 28.2 Å². The van der Waals surface area contributed by atoms with Crippen molar-refractivity contribution in [3.05, 3.63) is 78.6 Å². The van der Waals surface area contributed by atoms with Crippen molar-refractivity contribution in [3.8, 4) is 22.8 Å². The van der Waals surface area contributed by atoms with E-state index in [1.165, 1.54) is 11.3 Å². The summed E-state index contributed by atoms with van der Waals surface area (Å²) >= 11 is 1.37. The molecule has 3 heterocycles. The largest absolute Gasteiger partial charge is 0.494 e. The Morgan fingerprint density at radius 2 is 1.94 bits per heavy atom. The third-order valence-electron chi connectivity index (χ3n) is 4.68. The number of aromatic nitrogens is 5. The van der Waals surface area contributed by atoms with E-state index in [9.17, 15) is 4.79 Å². The minimum atomic E-state index is -0.406. The number of pyridine rings is 1. The zero-order chi connectivity index (χ0) is 21.9. The van der Waals surface area contributed by atoms with Gasteiger partial charge in [-0.3, -0.25) is 15.1 Å². The first-order valence-electron chi connectivity index (χ1n) is 10.00. The first-order valence-corrected chi connectivity index (χ1v) is 10.8. The topological polar surface area (TPSA) is 94.8 Å². The molecule has 0 atom stereocenters. The summed E-state index contributed by atoms with van der Waals surface area (Å²) in [4.78, 5) is 22.1. The fourth-order valence-electron chi connectivity index (χ4n) is 3.29. The normalized spacial score (nSPS) is 10.9. The molecule has 0 bridgehead atoms. The Labute approximate surface area is 187 Å². The number of hydrogen-bond acceptors (Lipinski definition) is 7. The zero-order valence-corrected chi connectivity index (χ0v) is 17.9. The number of nitrogens with one attached hydrogen (secondary N) is 1. The summed E-state index contributed by atoms with van der Waals surface area (Å²) < 4.78 is 8.08. The van der Waals surface area contributed by atoms with Crippen molar-refractivity contribution < 1.29 is 9.53 Å². The third kappa shape index (κ3) is 3.81. The molecule has 0 radical (unpaired) electrons. The number of rotatable bonds is 6. The third-order valence-corrected chi connectivity index (χ3v) is 5.62. The van der Waals surface area contributed by atoms with Crippen LogP contribution >= 0.6 is 11.3 Å². The molecule has 2 aromatic carbocycles. The maximum Gasteiger partial charge on any atom is 0.280 e. The summed E-state index contributed by atoms with van der Waals surface area (Å²) in [7, 11) is 0. The van der Waals surface area contributed by atoms with Gasteiger partial charge in [-0.1, -0.05) is 40.8 Å². The summed E-state index contributed by atoms with van der Waals surface area (Å²) in [5.41, 5.74) is 2.84. The molecule has 9 heteroatoms. The Morgan fingerprint density at radius 3 is 2.72 bits per heavy atom. The Kier molecular flexibility index (Phi) is 5.30. The van der Waals surface area contributed by atoms with Crippen molar-refractivity contribution in [2.24, 2.45) is 0 Å². The number of para-hydroxylation sites is 1. The number of ether oxygens (including phenoxy) is 1. The maximum atomic E-state index is 13.2. The fraction of sp³-hybridized carbons (Fsp3) is 0.0870. The number of thiazole rings is 1. The van der Waals surface area contributed by atoms with Crippen molar-refractivity contribution in [2.75, 3.05) is 11.9 Å². The number of fused-ring (bicyclic) bond motifs is 1. The molecule has 0 aliphatic heterocycles. The molecular formula is C23H18N6O2S. The fourth-order valence-corrected chi connectivity index (χ4v) is 4.18. The van der Waals surface area contributed by atoms with Crippen LogP contribution in [0.5, 0.6) is 5.75 Å². The van der Waals surface area contributed by atoms with E-state index < -0.39 is 5.91 Å². The van der Waals surface area contributed by atoms with Gasteiger partial charge in [0.15, 0.2) is 10.8 Å². The molecule has 0 aliphatic rings. The van der Waals surface area contributed by atoms with Crippen LogP contribution in [0.1, 0.15) is 17.4 Å². The molecule has 1 N–H and O–H groups in total. The number of nitrogens with zero attached hydrogens (tertiary/aromatic N) is 5. The van der Waals surface area contributed by atoms with Crippen molar-refractivity contribution in [1.29, 1.82) is 0 Å². The van der Waals surface area contributed by atoms with E-state index in [0.29, 0.717) is 23.1 Å². The second-order valence-electron chi connectivity index (χ2n) is 6.78. The van der Waals surface area contributed by atoms with Gasteiger partial charge in [-0.25, -0.2) is 9.67 Å². The van der Waals surface area contributed by atoms with Crippen LogP contribution in [-0.2, 0) is 0 Å². The van der Waals surface area contributed by atoms with E-state index >= 15 is 0 Å². The van der Waals surface area contributed by atoms with Gasteiger partial charge in [-0.05, 0) is 49.4 Å². The van der Waals surface area contributed by atoms with Crippen LogP contribution in [0.4, 0.5) is 5.13 Å². The lowest BCUT2D eigenvalue weighted by atomic mass is 10.2. The average Bonchev–Trinajstić information content (AvgIpc) is 3.44. The van der Waals surface area contributed by atoms with E-state index in [2.05, 4.69) is 25.6 Å². The van der Waals surface area contributed by atoms with Crippen molar-refractivity contribution in [3.63, 3.8) is 0 Å². The standard InChI is InChI=1S/C23H18N6O2S/c1-2-31-16-11-12-17-19(14-16)32-23(25-17)26-22(30)20-21(18-10-6-7-13-24-18)29(28-27-20)15-8-4-3-5-9-15/h3-14H,2H2,1H3,(H,25,26,30). The van der Waals surface area contributed by atoms with Crippen LogP contribution in [0, 0.1) is 0 Å². The molecule has 8 nitrogen and oxygen atoms in total. The predicted octanol–water partition coefficient (Wildman–Crippen LogP) is 4.59. The number of hydrogen-bond donors (Lipinski definition) is 1. The minimum Gasteiger partial charge on any atom is -0.494 e. The van der Waals surface area contributed by atoms with Crippen LogP contribution in [0.15, 0.2) is 72.9 Å². The summed E-state index contributed by atoms with van der Waals surface area (Å²) in [5.74, 6) is 0.363. The van der Waals surface area contributed by atoms with Gasteiger partial charge >= 0.3 is 0 Å². The van der Waals surface area contributed by atoms with E-state index in [0.717, 1.165) is 21.7 Å². The van der Waals surface area contributed by atoms with Crippen molar-refractivity contribution in [2.45, 2.75) is 6.92 Å². The Bertz CT molecular complexity index is 1380. The molecule has 5 aromatic rings. The van der Waals surface area contributed by atoms with Crippen molar-refractivity contribution in [1.82, 2.24) is 25.0 Å². The van der Waals surface area contributed by atoms with E-state index in [1.807, 2.05) is 73.7 Å². The number of amides is 1. The first-order chi connectivity index (χ1) is 15.7. The first kappa shape index (κ1) is 19.8. The molecule has 158 valence electrons. The van der Waals surface area contributed by atoms with Gasteiger partial charge < -0.3 is 4.74 Å². The summed E-state index contributed by atoms with van der Waals surface area (Å²) in [5, 5.41) is 11.7. The maximum absolute atomic E-state index is 13.2. The molecule has 0 aliphatic carbocycles. The SMILES string of the molecule is CCOc1ccc2nc(NC(=O)c3nnn(-c4ccccc4)c3-c3ccccn3)sc2c1. The van der Waals surface area contributed by atoms with Gasteiger partial charge in [0.25, 0.3) is 5.91 Å².